The molecule has 2 N–H and O–H groups in total. The molecule has 7 nitrogen and oxygen atoms in total. The van der Waals surface area contributed by atoms with Gasteiger partial charge in [-0.15, -0.1) is 0 Å². The lowest BCUT2D eigenvalue weighted by Gasteiger charge is -2.38. The summed E-state index contributed by atoms with van der Waals surface area (Å²) in [6.45, 7) is 1.46. The molecular weight excluding hydrogens is 324 g/mol. The van der Waals surface area contributed by atoms with Gasteiger partial charge in [0.05, 0.1) is 25.3 Å². The van der Waals surface area contributed by atoms with Crippen LogP contribution in [-0.2, 0) is 16.0 Å². The minimum absolute atomic E-state index is 0.00133. The van der Waals surface area contributed by atoms with Crippen LogP contribution in [0.25, 0.3) is 0 Å². The SMILES string of the molecule is O=C(CN1CCOC1=O)N[C@@H](c1ccc2c(c1)CCO2)C1CC(O)C1. The van der Waals surface area contributed by atoms with Gasteiger partial charge in [-0.05, 0) is 42.0 Å². The number of nitrogens with one attached hydrogen (secondary N) is 1. The molecule has 3 aliphatic rings. The third-order valence-corrected chi connectivity index (χ3v) is 5.19. The van der Waals surface area contributed by atoms with E-state index in [-0.39, 0.29) is 30.5 Å². The molecule has 2 amide bonds. The number of amides is 2. The number of cyclic esters (lactones) is 1. The number of nitrogens with zero attached hydrogens (tertiary/aromatic N) is 1. The molecule has 7 heteroatoms. The predicted molar refractivity (Wildman–Crippen MR) is 88.2 cm³/mol. The molecule has 2 aliphatic heterocycles. The van der Waals surface area contributed by atoms with Crippen molar-refractivity contribution in [2.24, 2.45) is 5.92 Å². The van der Waals surface area contributed by atoms with Crippen LogP contribution in [0.4, 0.5) is 4.79 Å². The van der Waals surface area contributed by atoms with Gasteiger partial charge in [-0.25, -0.2) is 4.79 Å². The summed E-state index contributed by atoms with van der Waals surface area (Å²) in [5.41, 5.74) is 2.18. The Morgan fingerprint density at radius 3 is 2.88 bits per heavy atom. The Bertz CT molecular complexity index is 686. The minimum Gasteiger partial charge on any atom is -0.493 e. The van der Waals surface area contributed by atoms with E-state index in [9.17, 15) is 14.7 Å². The van der Waals surface area contributed by atoms with Crippen molar-refractivity contribution in [1.82, 2.24) is 10.2 Å². The number of rotatable bonds is 5. The molecule has 0 bridgehead atoms. The minimum atomic E-state index is -0.444. The Hall–Kier alpha value is -2.28. The summed E-state index contributed by atoms with van der Waals surface area (Å²) in [5.74, 6) is 0.897. The van der Waals surface area contributed by atoms with Gasteiger partial charge in [0.2, 0.25) is 5.91 Å². The highest BCUT2D eigenvalue weighted by Crippen LogP contribution is 2.39. The average Bonchev–Trinajstić information content (AvgIpc) is 3.18. The van der Waals surface area contributed by atoms with Gasteiger partial charge in [0.1, 0.15) is 18.9 Å². The Balaban J connectivity index is 1.48. The van der Waals surface area contributed by atoms with Crippen LogP contribution in [0, 0.1) is 5.92 Å². The smallest absolute Gasteiger partial charge is 0.410 e. The van der Waals surface area contributed by atoms with Gasteiger partial charge in [-0.3, -0.25) is 9.69 Å². The molecule has 25 heavy (non-hydrogen) atoms. The molecule has 134 valence electrons. The second kappa shape index (κ2) is 6.55. The maximum Gasteiger partial charge on any atom is 0.410 e. The van der Waals surface area contributed by atoms with Gasteiger partial charge >= 0.3 is 6.09 Å². The van der Waals surface area contributed by atoms with Gasteiger partial charge in [-0.2, -0.15) is 0 Å². The molecule has 0 unspecified atom stereocenters. The van der Waals surface area contributed by atoms with E-state index in [2.05, 4.69) is 11.4 Å². The number of ether oxygens (including phenoxy) is 2. The number of aliphatic hydroxyl groups excluding tert-OH is 1. The third-order valence-electron chi connectivity index (χ3n) is 5.19. The number of carbonyl (C=O) groups is 2. The lowest BCUT2D eigenvalue weighted by atomic mass is 9.75. The fourth-order valence-electron chi connectivity index (χ4n) is 3.74. The van der Waals surface area contributed by atoms with E-state index in [0.29, 0.717) is 32.6 Å². The van der Waals surface area contributed by atoms with Crippen LogP contribution in [0.5, 0.6) is 5.75 Å². The summed E-state index contributed by atoms with van der Waals surface area (Å²) in [5, 5.41) is 12.7. The summed E-state index contributed by atoms with van der Waals surface area (Å²) in [6.07, 6.45) is 1.47. The first-order chi connectivity index (χ1) is 12.1. The topological polar surface area (TPSA) is 88.1 Å². The highest BCUT2D eigenvalue weighted by atomic mass is 16.6. The second-order valence-corrected chi connectivity index (χ2v) is 6.93. The maximum absolute atomic E-state index is 12.4. The van der Waals surface area contributed by atoms with Crippen LogP contribution in [0.15, 0.2) is 18.2 Å². The molecular formula is C18H22N2O5. The number of aliphatic hydroxyl groups is 1. The summed E-state index contributed by atoms with van der Waals surface area (Å²) in [6, 6.07) is 5.84. The standard InChI is InChI=1S/C18H22N2O5/c21-14-8-13(9-14)17(12-1-2-15-11(7-12)3-5-24-15)19-16(22)10-20-4-6-25-18(20)23/h1-2,7,13-14,17,21H,3-6,8-10H2,(H,19,22)/t13?,14?,17-/m0/s1. The molecule has 1 aromatic rings. The second-order valence-electron chi connectivity index (χ2n) is 6.93. The third kappa shape index (κ3) is 3.28. The average molecular weight is 346 g/mol. The van der Waals surface area contributed by atoms with Gasteiger partial charge in [0.15, 0.2) is 0 Å². The van der Waals surface area contributed by atoms with E-state index < -0.39 is 6.09 Å². The van der Waals surface area contributed by atoms with E-state index in [0.717, 1.165) is 23.3 Å². The van der Waals surface area contributed by atoms with Crippen molar-refractivity contribution in [3.63, 3.8) is 0 Å². The van der Waals surface area contributed by atoms with Gasteiger partial charge in [-0.1, -0.05) is 6.07 Å². The first kappa shape index (κ1) is 16.2. The number of hydrogen-bond donors (Lipinski definition) is 2. The number of hydrogen-bond acceptors (Lipinski definition) is 5. The monoisotopic (exact) mass is 346 g/mol. The molecule has 0 radical (unpaired) electrons. The fourth-order valence-corrected chi connectivity index (χ4v) is 3.74. The highest BCUT2D eigenvalue weighted by Gasteiger charge is 2.36. The molecule has 1 saturated carbocycles. The fraction of sp³-hybridized carbons (Fsp3) is 0.556. The zero-order valence-corrected chi connectivity index (χ0v) is 13.9. The molecule has 1 aliphatic carbocycles. The van der Waals surface area contributed by atoms with Gasteiger partial charge in [0.25, 0.3) is 0 Å². The molecule has 1 saturated heterocycles. The van der Waals surface area contributed by atoms with Crippen molar-refractivity contribution < 1.29 is 24.2 Å². The van der Waals surface area contributed by atoms with Crippen molar-refractivity contribution in [1.29, 1.82) is 0 Å². The van der Waals surface area contributed by atoms with E-state index in [4.69, 9.17) is 9.47 Å². The summed E-state index contributed by atoms with van der Waals surface area (Å²) >= 11 is 0. The van der Waals surface area contributed by atoms with Crippen LogP contribution in [0.1, 0.15) is 30.0 Å². The predicted octanol–water partition coefficient (Wildman–Crippen LogP) is 1.00. The van der Waals surface area contributed by atoms with Crippen molar-refractivity contribution >= 4 is 12.0 Å². The normalized spacial score (nSPS) is 25.6. The Labute approximate surface area is 145 Å². The van der Waals surface area contributed by atoms with Crippen molar-refractivity contribution in [2.45, 2.75) is 31.4 Å². The Kier molecular flexibility index (Phi) is 4.25. The van der Waals surface area contributed by atoms with E-state index in [1.165, 1.54) is 4.90 Å². The van der Waals surface area contributed by atoms with Crippen LogP contribution in [0.2, 0.25) is 0 Å². The summed E-state index contributed by atoms with van der Waals surface area (Å²) in [4.78, 5) is 25.4. The quantitative estimate of drug-likeness (QED) is 0.830. The largest absolute Gasteiger partial charge is 0.493 e. The van der Waals surface area contributed by atoms with Crippen LogP contribution >= 0.6 is 0 Å². The summed E-state index contributed by atoms with van der Waals surface area (Å²) < 4.78 is 10.4. The number of carbonyl (C=O) groups excluding carboxylic acids is 2. The van der Waals surface area contributed by atoms with Gasteiger partial charge in [0, 0.05) is 6.42 Å². The van der Waals surface area contributed by atoms with E-state index in [1.807, 2.05) is 12.1 Å². The zero-order chi connectivity index (χ0) is 17.4. The van der Waals surface area contributed by atoms with E-state index in [1.54, 1.807) is 0 Å². The molecule has 2 fully saturated rings. The molecule has 1 aromatic carbocycles. The summed E-state index contributed by atoms with van der Waals surface area (Å²) in [7, 11) is 0. The number of fused-ring (bicyclic) bond motifs is 1. The first-order valence-corrected chi connectivity index (χ1v) is 8.75. The van der Waals surface area contributed by atoms with Crippen LogP contribution < -0.4 is 10.1 Å². The molecule has 0 aromatic heterocycles. The molecule has 2 heterocycles. The van der Waals surface area contributed by atoms with E-state index >= 15 is 0 Å². The molecule has 0 spiro atoms. The van der Waals surface area contributed by atoms with Crippen LogP contribution in [0.3, 0.4) is 0 Å². The molecule has 1 atom stereocenters. The number of benzene rings is 1. The Morgan fingerprint density at radius 2 is 2.16 bits per heavy atom. The Morgan fingerprint density at radius 1 is 1.32 bits per heavy atom. The molecule has 4 rings (SSSR count). The maximum atomic E-state index is 12.4. The van der Waals surface area contributed by atoms with Crippen molar-refractivity contribution in [3.8, 4) is 5.75 Å². The lowest BCUT2D eigenvalue weighted by molar-refractivity contribution is -0.123. The highest BCUT2D eigenvalue weighted by molar-refractivity contribution is 5.83. The van der Waals surface area contributed by atoms with Crippen molar-refractivity contribution in [3.05, 3.63) is 29.3 Å². The first-order valence-electron chi connectivity index (χ1n) is 8.75. The van der Waals surface area contributed by atoms with Crippen LogP contribution in [-0.4, -0.2) is 54.4 Å². The van der Waals surface area contributed by atoms with Gasteiger partial charge < -0.3 is 19.9 Å². The van der Waals surface area contributed by atoms with Crippen molar-refractivity contribution in [2.75, 3.05) is 26.3 Å². The zero-order valence-electron chi connectivity index (χ0n) is 13.9. The lowest BCUT2D eigenvalue weighted by Crippen LogP contribution is -2.45.